The number of ether oxygens (including phenoxy) is 2. The molecule has 3 heteroatoms. The number of alkyl halides is 1. The molecule has 0 fully saturated rings. The SMILES string of the molecule is CC/C(=C\CCc1ccc2c(c1)OCO2)CCI. The van der Waals surface area contributed by atoms with Crippen LogP contribution in [0.15, 0.2) is 29.8 Å². The van der Waals surface area contributed by atoms with Gasteiger partial charge in [-0.3, -0.25) is 0 Å². The van der Waals surface area contributed by atoms with E-state index in [0.29, 0.717) is 6.79 Å². The minimum atomic E-state index is 0.355. The van der Waals surface area contributed by atoms with Crippen molar-refractivity contribution in [1.29, 1.82) is 0 Å². The van der Waals surface area contributed by atoms with E-state index in [1.807, 2.05) is 6.07 Å². The van der Waals surface area contributed by atoms with E-state index in [0.717, 1.165) is 24.3 Å². The Labute approximate surface area is 123 Å². The molecule has 1 aromatic rings. The molecule has 1 aliphatic rings. The van der Waals surface area contributed by atoms with E-state index < -0.39 is 0 Å². The molecule has 0 amide bonds. The quantitative estimate of drug-likeness (QED) is 0.423. The molecule has 0 aliphatic carbocycles. The number of fused-ring (bicyclic) bond motifs is 1. The lowest BCUT2D eigenvalue weighted by Crippen LogP contribution is -1.93. The second kappa shape index (κ2) is 7.02. The summed E-state index contributed by atoms with van der Waals surface area (Å²) >= 11 is 2.44. The van der Waals surface area contributed by atoms with Crippen molar-refractivity contribution in [2.24, 2.45) is 0 Å². The van der Waals surface area contributed by atoms with Crippen LogP contribution in [0.5, 0.6) is 11.5 Å². The molecular formula is C15H19IO2. The molecule has 0 bridgehead atoms. The third-order valence-electron chi connectivity index (χ3n) is 3.17. The van der Waals surface area contributed by atoms with Crippen LogP contribution in [0.1, 0.15) is 31.7 Å². The molecule has 2 nitrogen and oxygen atoms in total. The van der Waals surface area contributed by atoms with Gasteiger partial charge in [0.15, 0.2) is 11.5 Å². The first kappa shape index (κ1) is 13.7. The third kappa shape index (κ3) is 3.64. The number of rotatable bonds is 6. The highest BCUT2D eigenvalue weighted by Gasteiger charge is 2.12. The molecule has 2 rings (SSSR count). The predicted molar refractivity (Wildman–Crippen MR) is 82.8 cm³/mol. The van der Waals surface area contributed by atoms with Gasteiger partial charge in [-0.2, -0.15) is 0 Å². The largest absolute Gasteiger partial charge is 0.454 e. The Kier molecular flexibility index (Phi) is 5.35. The van der Waals surface area contributed by atoms with Crippen LogP contribution < -0.4 is 9.47 Å². The van der Waals surface area contributed by atoms with Gasteiger partial charge >= 0.3 is 0 Å². The fourth-order valence-electron chi connectivity index (χ4n) is 2.08. The van der Waals surface area contributed by atoms with Gasteiger partial charge in [0.2, 0.25) is 6.79 Å². The summed E-state index contributed by atoms with van der Waals surface area (Å²) in [6.45, 7) is 2.59. The molecule has 1 heterocycles. The second-order valence-corrected chi connectivity index (χ2v) is 5.46. The monoisotopic (exact) mass is 358 g/mol. The normalized spacial score (nSPS) is 14.0. The molecule has 0 saturated carbocycles. The van der Waals surface area contributed by atoms with Crippen LogP contribution in [0.4, 0.5) is 0 Å². The van der Waals surface area contributed by atoms with Crippen LogP contribution >= 0.6 is 22.6 Å². The number of hydrogen-bond donors (Lipinski definition) is 0. The van der Waals surface area contributed by atoms with Gasteiger partial charge < -0.3 is 9.47 Å². The molecule has 0 unspecified atom stereocenters. The lowest BCUT2D eigenvalue weighted by Gasteiger charge is -2.03. The summed E-state index contributed by atoms with van der Waals surface area (Å²) < 4.78 is 11.9. The van der Waals surface area contributed by atoms with Gasteiger partial charge in [-0.15, -0.1) is 0 Å². The molecular weight excluding hydrogens is 339 g/mol. The van der Waals surface area contributed by atoms with E-state index in [1.165, 1.54) is 22.8 Å². The number of allylic oxidation sites excluding steroid dienone is 2. The van der Waals surface area contributed by atoms with Crippen LogP contribution in [-0.4, -0.2) is 11.2 Å². The fraction of sp³-hybridized carbons (Fsp3) is 0.467. The van der Waals surface area contributed by atoms with Crippen LogP contribution in [0.3, 0.4) is 0 Å². The molecule has 1 aliphatic heterocycles. The van der Waals surface area contributed by atoms with Crippen molar-refractivity contribution < 1.29 is 9.47 Å². The standard InChI is InChI=1S/C15H19IO2/c1-2-12(8-9-16)4-3-5-13-6-7-14-15(10-13)18-11-17-14/h4,6-7,10H,2-3,5,8-9,11H2,1H3/b12-4+. The maximum Gasteiger partial charge on any atom is 0.231 e. The van der Waals surface area contributed by atoms with Crippen molar-refractivity contribution in [2.75, 3.05) is 11.2 Å². The first-order valence-electron chi connectivity index (χ1n) is 6.46. The second-order valence-electron chi connectivity index (χ2n) is 4.38. The molecule has 0 atom stereocenters. The summed E-state index contributed by atoms with van der Waals surface area (Å²) in [5.41, 5.74) is 2.89. The van der Waals surface area contributed by atoms with Crippen molar-refractivity contribution in [1.82, 2.24) is 0 Å². The van der Waals surface area contributed by atoms with E-state index >= 15 is 0 Å². The summed E-state index contributed by atoms with van der Waals surface area (Å²) in [5, 5.41) is 0. The topological polar surface area (TPSA) is 18.5 Å². The van der Waals surface area contributed by atoms with Crippen LogP contribution in [0, 0.1) is 0 Å². The Bertz CT molecular complexity index is 427. The van der Waals surface area contributed by atoms with Crippen molar-refractivity contribution >= 4 is 22.6 Å². The van der Waals surface area contributed by atoms with Crippen LogP contribution in [0.25, 0.3) is 0 Å². The number of hydrogen-bond acceptors (Lipinski definition) is 2. The molecule has 1 aromatic carbocycles. The average Bonchev–Trinajstić information content (AvgIpc) is 2.85. The Morgan fingerprint density at radius 1 is 1.33 bits per heavy atom. The highest BCUT2D eigenvalue weighted by molar-refractivity contribution is 14.1. The molecule has 0 aromatic heterocycles. The van der Waals surface area contributed by atoms with Crippen molar-refractivity contribution in [3.05, 3.63) is 35.4 Å². The Morgan fingerprint density at radius 3 is 2.94 bits per heavy atom. The van der Waals surface area contributed by atoms with Gasteiger partial charge in [-0.25, -0.2) is 0 Å². The highest BCUT2D eigenvalue weighted by Crippen LogP contribution is 2.32. The van der Waals surface area contributed by atoms with Gasteiger partial charge in [-0.05, 0) is 43.4 Å². The molecule has 0 spiro atoms. The van der Waals surface area contributed by atoms with Gasteiger partial charge in [0.05, 0.1) is 0 Å². The lowest BCUT2D eigenvalue weighted by molar-refractivity contribution is 0.174. The van der Waals surface area contributed by atoms with E-state index in [1.54, 1.807) is 5.57 Å². The fourth-order valence-corrected chi connectivity index (χ4v) is 2.78. The summed E-state index contributed by atoms with van der Waals surface area (Å²) in [5.74, 6) is 1.76. The van der Waals surface area contributed by atoms with Crippen molar-refractivity contribution in [2.45, 2.75) is 32.6 Å². The van der Waals surface area contributed by atoms with E-state index in [4.69, 9.17) is 9.47 Å². The summed E-state index contributed by atoms with van der Waals surface area (Å²) in [6.07, 6.45) is 6.96. The zero-order valence-corrected chi connectivity index (χ0v) is 12.9. The lowest BCUT2D eigenvalue weighted by atomic mass is 10.1. The van der Waals surface area contributed by atoms with Gasteiger partial charge in [-0.1, -0.05) is 47.2 Å². The molecule has 18 heavy (non-hydrogen) atoms. The molecule has 0 N–H and O–H groups in total. The number of halogens is 1. The van der Waals surface area contributed by atoms with E-state index in [9.17, 15) is 0 Å². The highest BCUT2D eigenvalue weighted by atomic mass is 127. The molecule has 0 radical (unpaired) electrons. The maximum atomic E-state index is 5.39. The summed E-state index contributed by atoms with van der Waals surface area (Å²) in [4.78, 5) is 0. The van der Waals surface area contributed by atoms with Gasteiger partial charge in [0.1, 0.15) is 0 Å². The zero-order valence-electron chi connectivity index (χ0n) is 10.7. The van der Waals surface area contributed by atoms with Crippen molar-refractivity contribution in [3.63, 3.8) is 0 Å². The molecule has 98 valence electrons. The first-order chi connectivity index (χ1) is 8.83. The Morgan fingerprint density at radius 2 is 2.17 bits per heavy atom. The summed E-state index contributed by atoms with van der Waals surface area (Å²) in [7, 11) is 0. The average molecular weight is 358 g/mol. The van der Waals surface area contributed by atoms with E-state index in [-0.39, 0.29) is 0 Å². The molecule has 0 saturated heterocycles. The van der Waals surface area contributed by atoms with Crippen LogP contribution in [-0.2, 0) is 6.42 Å². The third-order valence-corrected chi connectivity index (χ3v) is 3.71. The minimum Gasteiger partial charge on any atom is -0.454 e. The minimum absolute atomic E-state index is 0.355. The maximum absolute atomic E-state index is 5.39. The van der Waals surface area contributed by atoms with E-state index in [2.05, 4.69) is 47.7 Å². The summed E-state index contributed by atoms with van der Waals surface area (Å²) in [6, 6.07) is 6.23. The van der Waals surface area contributed by atoms with Gasteiger partial charge in [0, 0.05) is 4.43 Å². The first-order valence-corrected chi connectivity index (χ1v) is 7.98. The number of benzene rings is 1. The zero-order chi connectivity index (χ0) is 12.8. The Balaban J connectivity index is 1.90. The van der Waals surface area contributed by atoms with Crippen molar-refractivity contribution in [3.8, 4) is 11.5 Å². The van der Waals surface area contributed by atoms with Crippen LogP contribution in [0.2, 0.25) is 0 Å². The predicted octanol–water partition coefficient (Wildman–Crippen LogP) is 4.51. The van der Waals surface area contributed by atoms with Gasteiger partial charge in [0.25, 0.3) is 0 Å². The smallest absolute Gasteiger partial charge is 0.231 e. The Hall–Kier alpha value is -0.710. The number of aryl methyl sites for hydroxylation is 1.